The fraction of sp³-hybridized carbons (Fsp3) is 1.00. The van der Waals surface area contributed by atoms with Crippen molar-refractivity contribution in [3.8, 4) is 0 Å². The summed E-state index contributed by atoms with van der Waals surface area (Å²) >= 11 is 0.0500. The average Bonchev–Trinajstić information content (AvgIpc) is 1.83. The molecule has 0 aromatic heterocycles. The highest BCUT2D eigenvalue weighted by Crippen LogP contribution is 2.12. The minimum atomic E-state index is -0.750. The van der Waals surface area contributed by atoms with Crippen molar-refractivity contribution < 1.29 is 13.4 Å². The Morgan fingerprint density at radius 2 is 2.38 bits per heavy atom. The molecule has 0 spiro atoms. The molecule has 0 aliphatic heterocycles. The fourth-order valence-electron chi connectivity index (χ4n) is 0.266. The van der Waals surface area contributed by atoms with Gasteiger partial charge in [0.05, 0.1) is 0 Å². The minimum Gasteiger partial charge on any atom is -0.345 e. The molecular formula is C4H9FO2S. The van der Waals surface area contributed by atoms with E-state index < -0.39 is 5.62 Å². The normalized spacial score (nSPS) is 13.9. The van der Waals surface area contributed by atoms with Crippen LogP contribution in [-0.2, 0) is 9.47 Å². The van der Waals surface area contributed by atoms with Crippen molar-refractivity contribution in [2.45, 2.75) is 12.5 Å². The van der Waals surface area contributed by atoms with Crippen LogP contribution >= 0.6 is 12.1 Å². The van der Waals surface area contributed by atoms with Gasteiger partial charge in [0, 0.05) is 13.7 Å². The van der Waals surface area contributed by atoms with E-state index >= 15 is 0 Å². The molecule has 0 aliphatic carbocycles. The van der Waals surface area contributed by atoms with Crippen LogP contribution in [0.25, 0.3) is 0 Å². The largest absolute Gasteiger partial charge is 0.345 e. The van der Waals surface area contributed by atoms with Gasteiger partial charge in [0.25, 0.3) is 0 Å². The van der Waals surface area contributed by atoms with Gasteiger partial charge in [-0.1, -0.05) is 0 Å². The summed E-state index contributed by atoms with van der Waals surface area (Å²) in [7, 11) is 1.40. The van der Waals surface area contributed by atoms with Gasteiger partial charge in [-0.25, -0.2) is 0 Å². The van der Waals surface area contributed by atoms with Gasteiger partial charge in [-0.3, -0.25) is 0 Å². The van der Waals surface area contributed by atoms with Crippen LogP contribution < -0.4 is 0 Å². The molecule has 2 nitrogen and oxygen atoms in total. The summed E-state index contributed by atoms with van der Waals surface area (Å²) in [6, 6.07) is 0. The van der Waals surface area contributed by atoms with Crippen molar-refractivity contribution in [2.24, 2.45) is 0 Å². The summed E-state index contributed by atoms with van der Waals surface area (Å²) in [5, 5.41) is 0. The predicted octanol–water partition coefficient (Wildman–Crippen LogP) is 1.57. The molecular weight excluding hydrogens is 131 g/mol. The first-order chi connectivity index (χ1) is 3.85. The molecule has 50 valence electrons. The highest BCUT2D eigenvalue weighted by molar-refractivity contribution is 7.94. The molecule has 8 heavy (non-hydrogen) atoms. The van der Waals surface area contributed by atoms with Crippen LogP contribution in [0.5, 0.6) is 0 Å². The van der Waals surface area contributed by atoms with Crippen molar-refractivity contribution >= 4 is 12.1 Å². The lowest BCUT2D eigenvalue weighted by Gasteiger charge is -2.07. The van der Waals surface area contributed by atoms with Crippen molar-refractivity contribution in [1.82, 2.24) is 0 Å². The van der Waals surface area contributed by atoms with Gasteiger partial charge in [0.15, 0.2) is 0 Å². The second kappa shape index (κ2) is 5.34. The zero-order chi connectivity index (χ0) is 6.41. The average molecular weight is 140 g/mol. The number of methoxy groups -OCH3 is 1. The van der Waals surface area contributed by atoms with Gasteiger partial charge in [0.1, 0.15) is 12.1 Å². The van der Waals surface area contributed by atoms with Crippen molar-refractivity contribution in [3.05, 3.63) is 0 Å². The molecule has 0 saturated carbocycles. The van der Waals surface area contributed by atoms with Crippen LogP contribution in [0.15, 0.2) is 0 Å². The third-order valence-electron chi connectivity index (χ3n) is 0.568. The van der Waals surface area contributed by atoms with Crippen molar-refractivity contribution in [3.63, 3.8) is 0 Å². The van der Waals surface area contributed by atoms with Gasteiger partial charge < -0.3 is 9.47 Å². The summed E-state index contributed by atoms with van der Waals surface area (Å²) in [6.45, 7) is 2.25. The molecule has 0 fully saturated rings. The minimum absolute atomic E-state index is 0.0500. The molecule has 0 aromatic rings. The number of halogens is 1. The fourth-order valence-corrected chi connectivity index (χ4v) is 0.526. The predicted molar refractivity (Wildman–Crippen MR) is 31.1 cm³/mol. The summed E-state index contributed by atoms with van der Waals surface area (Å²) in [5.74, 6) is 0. The maximum Gasteiger partial charge on any atom is 0.237 e. The summed E-state index contributed by atoms with van der Waals surface area (Å²) in [6.07, 6.45) is 0. The van der Waals surface area contributed by atoms with E-state index in [1.165, 1.54) is 7.11 Å². The van der Waals surface area contributed by atoms with E-state index in [4.69, 9.17) is 4.74 Å². The van der Waals surface area contributed by atoms with E-state index in [2.05, 4.69) is 4.74 Å². The molecule has 0 radical (unpaired) electrons. The van der Waals surface area contributed by atoms with Gasteiger partial charge in [-0.05, 0) is 6.92 Å². The Morgan fingerprint density at radius 3 is 2.50 bits per heavy atom. The lowest BCUT2D eigenvalue weighted by molar-refractivity contribution is -0.0569. The van der Waals surface area contributed by atoms with Gasteiger partial charge in [-0.2, -0.15) is 3.89 Å². The van der Waals surface area contributed by atoms with E-state index in [9.17, 15) is 3.89 Å². The zero-order valence-electron chi connectivity index (χ0n) is 4.89. The highest BCUT2D eigenvalue weighted by Gasteiger charge is 2.04. The Balaban J connectivity index is 3.07. The molecule has 0 heterocycles. The molecule has 4 heteroatoms. The second-order valence-electron chi connectivity index (χ2n) is 1.07. The molecule has 0 amide bonds. The van der Waals surface area contributed by atoms with Crippen LogP contribution in [0.2, 0.25) is 0 Å². The van der Waals surface area contributed by atoms with E-state index in [0.29, 0.717) is 6.61 Å². The van der Waals surface area contributed by atoms with Crippen LogP contribution in [-0.4, -0.2) is 19.3 Å². The third-order valence-corrected chi connectivity index (χ3v) is 1.04. The SMILES string of the molecule is CCOC(OC)SF. The Morgan fingerprint density at radius 1 is 1.75 bits per heavy atom. The van der Waals surface area contributed by atoms with Crippen molar-refractivity contribution in [1.29, 1.82) is 0 Å². The Kier molecular flexibility index (Phi) is 5.47. The maximum atomic E-state index is 11.5. The number of hydrogen-bond donors (Lipinski definition) is 0. The molecule has 0 bridgehead atoms. The van der Waals surface area contributed by atoms with Crippen LogP contribution in [0, 0.1) is 0 Å². The first-order valence-electron chi connectivity index (χ1n) is 2.27. The molecule has 1 atom stereocenters. The lowest BCUT2D eigenvalue weighted by atomic mass is 10.9. The lowest BCUT2D eigenvalue weighted by Crippen LogP contribution is -2.08. The van der Waals surface area contributed by atoms with Gasteiger partial charge >= 0.3 is 0 Å². The molecule has 0 rings (SSSR count). The van der Waals surface area contributed by atoms with Gasteiger partial charge in [0.2, 0.25) is 5.62 Å². The Hall–Kier alpha value is 0.200. The smallest absolute Gasteiger partial charge is 0.237 e. The molecule has 0 N–H and O–H groups in total. The second-order valence-corrected chi connectivity index (χ2v) is 1.63. The van der Waals surface area contributed by atoms with Crippen LogP contribution in [0.4, 0.5) is 3.89 Å². The molecule has 0 aromatic carbocycles. The van der Waals surface area contributed by atoms with Gasteiger partial charge in [-0.15, -0.1) is 0 Å². The summed E-state index contributed by atoms with van der Waals surface area (Å²) in [5.41, 5.74) is -0.750. The maximum absolute atomic E-state index is 11.5. The highest BCUT2D eigenvalue weighted by atomic mass is 32.2. The molecule has 0 aliphatic rings. The van der Waals surface area contributed by atoms with Crippen molar-refractivity contribution in [2.75, 3.05) is 13.7 Å². The van der Waals surface area contributed by atoms with E-state index in [1.54, 1.807) is 6.92 Å². The van der Waals surface area contributed by atoms with Crippen LogP contribution in [0.1, 0.15) is 6.92 Å². The van der Waals surface area contributed by atoms with E-state index in [0.717, 1.165) is 0 Å². The Bertz CT molecular complexity index is 49.3. The summed E-state index contributed by atoms with van der Waals surface area (Å²) in [4.78, 5) is 0. The standard InChI is InChI=1S/C4H9FO2S/c1-3-7-4(6-2)8-5/h4H,3H2,1-2H3. The van der Waals surface area contributed by atoms with Crippen LogP contribution in [0.3, 0.4) is 0 Å². The first kappa shape index (κ1) is 8.20. The number of ether oxygens (including phenoxy) is 2. The Labute approximate surface area is 52.6 Å². The monoisotopic (exact) mass is 140 g/mol. The number of rotatable bonds is 4. The number of hydrogen-bond acceptors (Lipinski definition) is 3. The topological polar surface area (TPSA) is 18.5 Å². The zero-order valence-corrected chi connectivity index (χ0v) is 5.70. The molecule has 0 saturated heterocycles. The third kappa shape index (κ3) is 3.23. The molecule has 1 unspecified atom stereocenters. The van der Waals surface area contributed by atoms with E-state index in [-0.39, 0.29) is 12.1 Å². The quantitative estimate of drug-likeness (QED) is 0.552. The first-order valence-corrected chi connectivity index (χ1v) is 3.05. The summed E-state index contributed by atoms with van der Waals surface area (Å²) < 4.78 is 20.7. The van der Waals surface area contributed by atoms with E-state index in [1.807, 2.05) is 0 Å².